The number of carboxylic acids is 1. The first-order chi connectivity index (χ1) is 9.72. The van der Waals surface area contributed by atoms with Crippen LogP contribution in [0.25, 0.3) is 5.57 Å². The summed E-state index contributed by atoms with van der Waals surface area (Å²) in [5, 5.41) is 8.73. The molecule has 0 radical (unpaired) electrons. The number of para-hydroxylation sites is 1. The smallest absolute Gasteiger partial charge is 0.341 e. The van der Waals surface area contributed by atoms with Crippen molar-refractivity contribution in [3.63, 3.8) is 0 Å². The van der Waals surface area contributed by atoms with E-state index in [0.717, 1.165) is 31.2 Å². The van der Waals surface area contributed by atoms with Crippen molar-refractivity contribution in [2.45, 2.75) is 32.6 Å². The fraction of sp³-hybridized carbons (Fsp3) is 0.438. The molecule has 0 unspecified atom stereocenters. The van der Waals surface area contributed by atoms with Crippen LogP contribution in [0.5, 0.6) is 11.5 Å². The van der Waals surface area contributed by atoms with Crippen molar-refractivity contribution in [2.24, 2.45) is 0 Å². The molecular weight excluding hydrogens is 256 g/mol. The first-order valence-corrected chi connectivity index (χ1v) is 7.02. The Balaban J connectivity index is 2.27. The number of hydrogen-bond acceptors (Lipinski definition) is 3. The molecular formula is C16H20O4. The average Bonchev–Trinajstić information content (AvgIpc) is 2.65. The summed E-state index contributed by atoms with van der Waals surface area (Å²) in [5.74, 6) is 0.195. The van der Waals surface area contributed by atoms with Crippen LogP contribution in [0.3, 0.4) is 0 Å². The minimum absolute atomic E-state index is 0.353. The van der Waals surface area contributed by atoms with Gasteiger partial charge in [0, 0.05) is 12.0 Å². The van der Waals surface area contributed by atoms with Crippen molar-refractivity contribution in [1.82, 2.24) is 0 Å². The molecule has 4 nitrogen and oxygen atoms in total. The van der Waals surface area contributed by atoms with E-state index < -0.39 is 5.97 Å². The summed E-state index contributed by atoms with van der Waals surface area (Å²) in [6.07, 6.45) is 6.36. The summed E-state index contributed by atoms with van der Waals surface area (Å²) in [6.45, 7) is 2.41. The molecule has 2 rings (SSSR count). The van der Waals surface area contributed by atoms with Crippen LogP contribution in [0.15, 0.2) is 24.3 Å². The Labute approximate surface area is 119 Å². The molecule has 108 valence electrons. The molecule has 0 amide bonds. The summed E-state index contributed by atoms with van der Waals surface area (Å²) in [7, 11) is 0. The Morgan fingerprint density at radius 2 is 2.30 bits per heavy atom. The molecule has 0 saturated carbocycles. The number of rotatable bonds is 6. The fourth-order valence-corrected chi connectivity index (χ4v) is 2.28. The predicted molar refractivity (Wildman–Crippen MR) is 77.2 cm³/mol. The Kier molecular flexibility index (Phi) is 5.04. The first-order valence-electron chi connectivity index (χ1n) is 7.02. The maximum atomic E-state index is 10.6. The zero-order valence-electron chi connectivity index (χ0n) is 11.7. The summed E-state index contributed by atoms with van der Waals surface area (Å²) < 4.78 is 11.1. The van der Waals surface area contributed by atoms with Crippen LogP contribution < -0.4 is 9.47 Å². The van der Waals surface area contributed by atoms with Crippen molar-refractivity contribution in [1.29, 1.82) is 0 Å². The molecule has 1 aliphatic heterocycles. The zero-order valence-corrected chi connectivity index (χ0v) is 11.7. The number of carboxylic acid groups (broad SMARTS) is 1. The first kappa shape index (κ1) is 14.4. The van der Waals surface area contributed by atoms with Crippen LogP contribution in [0.4, 0.5) is 0 Å². The molecule has 0 saturated heterocycles. The van der Waals surface area contributed by atoms with Crippen molar-refractivity contribution in [3.8, 4) is 11.5 Å². The highest BCUT2D eigenvalue weighted by Gasteiger charge is 2.17. The number of allylic oxidation sites excluding steroid dienone is 1. The number of carbonyl (C=O) groups is 1. The van der Waals surface area contributed by atoms with Crippen LogP contribution in [0.2, 0.25) is 0 Å². The van der Waals surface area contributed by atoms with Crippen LogP contribution in [-0.4, -0.2) is 24.3 Å². The predicted octanol–water partition coefficient (Wildman–Crippen LogP) is 3.51. The third-order valence-electron chi connectivity index (χ3n) is 3.23. The van der Waals surface area contributed by atoms with Gasteiger partial charge in [-0.05, 0) is 24.5 Å². The molecule has 0 spiro atoms. The second-order valence-electron chi connectivity index (χ2n) is 4.79. The molecule has 1 heterocycles. The molecule has 1 aromatic rings. The zero-order chi connectivity index (χ0) is 14.4. The minimum atomic E-state index is -0.988. The standard InChI is InChI=1S/C16H20O4/c1-2-3-6-12-7-5-10-19-16-13(12)8-4-9-14(16)20-11-15(17)18/h4,7-9H,2-3,5-6,10-11H2,1H3,(H,17,18). The van der Waals surface area contributed by atoms with Gasteiger partial charge in [0.1, 0.15) is 0 Å². The number of benzene rings is 1. The second kappa shape index (κ2) is 6.98. The van der Waals surface area contributed by atoms with Gasteiger partial charge >= 0.3 is 5.97 Å². The molecule has 0 fully saturated rings. The largest absolute Gasteiger partial charge is 0.489 e. The van der Waals surface area contributed by atoms with Gasteiger partial charge in [0.2, 0.25) is 0 Å². The van der Waals surface area contributed by atoms with Gasteiger partial charge in [0.15, 0.2) is 18.1 Å². The Morgan fingerprint density at radius 3 is 3.05 bits per heavy atom. The van der Waals surface area contributed by atoms with E-state index in [9.17, 15) is 4.79 Å². The van der Waals surface area contributed by atoms with E-state index in [-0.39, 0.29) is 6.61 Å². The lowest BCUT2D eigenvalue weighted by Gasteiger charge is -2.15. The number of hydrogen-bond donors (Lipinski definition) is 1. The lowest BCUT2D eigenvalue weighted by Crippen LogP contribution is -2.10. The molecule has 1 aliphatic rings. The van der Waals surface area contributed by atoms with Crippen molar-refractivity contribution >= 4 is 11.5 Å². The van der Waals surface area contributed by atoms with E-state index in [4.69, 9.17) is 14.6 Å². The second-order valence-corrected chi connectivity index (χ2v) is 4.79. The Bertz CT molecular complexity index is 505. The summed E-state index contributed by atoms with van der Waals surface area (Å²) in [6, 6.07) is 5.64. The molecule has 0 atom stereocenters. The fourth-order valence-electron chi connectivity index (χ4n) is 2.28. The average molecular weight is 276 g/mol. The highest BCUT2D eigenvalue weighted by Crippen LogP contribution is 2.39. The van der Waals surface area contributed by atoms with Gasteiger partial charge < -0.3 is 14.6 Å². The maximum absolute atomic E-state index is 10.6. The van der Waals surface area contributed by atoms with E-state index in [0.29, 0.717) is 18.1 Å². The molecule has 1 N–H and O–H groups in total. The highest BCUT2D eigenvalue weighted by atomic mass is 16.5. The Morgan fingerprint density at radius 1 is 1.45 bits per heavy atom. The molecule has 0 aliphatic carbocycles. The summed E-state index contributed by atoms with van der Waals surface area (Å²) >= 11 is 0. The van der Waals surface area contributed by atoms with Gasteiger partial charge in [-0.2, -0.15) is 0 Å². The van der Waals surface area contributed by atoms with Crippen LogP contribution in [-0.2, 0) is 4.79 Å². The third kappa shape index (κ3) is 3.53. The molecule has 20 heavy (non-hydrogen) atoms. The topological polar surface area (TPSA) is 55.8 Å². The molecule has 0 aromatic heterocycles. The number of unbranched alkanes of at least 4 members (excludes halogenated alkanes) is 1. The lowest BCUT2D eigenvalue weighted by molar-refractivity contribution is -0.139. The monoisotopic (exact) mass is 276 g/mol. The van der Waals surface area contributed by atoms with Crippen LogP contribution >= 0.6 is 0 Å². The van der Waals surface area contributed by atoms with E-state index in [1.807, 2.05) is 12.1 Å². The van der Waals surface area contributed by atoms with Crippen molar-refractivity contribution < 1.29 is 19.4 Å². The molecule has 0 bridgehead atoms. The number of ether oxygens (including phenoxy) is 2. The van der Waals surface area contributed by atoms with Gasteiger partial charge in [-0.25, -0.2) is 4.79 Å². The van der Waals surface area contributed by atoms with Gasteiger partial charge in [-0.15, -0.1) is 0 Å². The van der Waals surface area contributed by atoms with E-state index in [2.05, 4.69) is 13.0 Å². The normalized spacial score (nSPS) is 13.8. The van der Waals surface area contributed by atoms with Gasteiger partial charge in [0.05, 0.1) is 6.61 Å². The van der Waals surface area contributed by atoms with Gasteiger partial charge in [-0.3, -0.25) is 0 Å². The van der Waals surface area contributed by atoms with Crippen LogP contribution in [0.1, 0.15) is 38.2 Å². The quantitative estimate of drug-likeness (QED) is 0.864. The van der Waals surface area contributed by atoms with Crippen molar-refractivity contribution in [2.75, 3.05) is 13.2 Å². The van der Waals surface area contributed by atoms with Crippen molar-refractivity contribution in [3.05, 3.63) is 29.8 Å². The van der Waals surface area contributed by atoms with Gasteiger partial charge in [0.25, 0.3) is 0 Å². The number of aliphatic carboxylic acids is 1. The minimum Gasteiger partial charge on any atom is -0.489 e. The van der Waals surface area contributed by atoms with Gasteiger partial charge in [-0.1, -0.05) is 31.6 Å². The Hall–Kier alpha value is -1.97. The van der Waals surface area contributed by atoms with E-state index in [1.165, 1.54) is 5.57 Å². The maximum Gasteiger partial charge on any atom is 0.341 e. The van der Waals surface area contributed by atoms with E-state index in [1.54, 1.807) is 6.07 Å². The molecule has 4 heteroatoms. The number of fused-ring (bicyclic) bond motifs is 1. The SMILES string of the molecule is CCCCC1=CCCOc2c(OCC(=O)O)cccc21. The molecule has 1 aromatic carbocycles. The van der Waals surface area contributed by atoms with E-state index >= 15 is 0 Å². The summed E-state index contributed by atoms with van der Waals surface area (Å²) in [5.41, 5.74) is 2.29. The third-order valence-corrected chi connectivity index (χ3v) is 3.23. The summed E-state index contributed by atoms with van der Waals surface area (Å²) in [4.78, 5) is 10.6. The highest BCUT2D eigenvalue weighted by molar-refractivity contribution is 5.74. The lowest BCUT2D eigenvalue weighted by atomic mass is 9.98. The van der Waals surface area contributed by atoms with Crippen LogP contribution in [0, 0.1) is 0 Å².